The lowest BCUT2D eigenvalue weighted by atomic mass is 10.1. The van der Waals surface area contributed by atoms with Crippen molar-refractivity contribution in [2.24, 2.45) is 0 Å². The number of methoxy groups -OCH3 is 1. The zero-order chi connectivity index (χ0) is 18.6. The largest absolute Gasteiger partial charge is 0.497 e. The molecule has 1 aliphatic heterocycles. The minimum Gasteiger partial charge on any atom is -0.497 e. The molecule has 4 nitrogen and oxygen atoms in total. The first-order valence-electron chi connectivity index (χ1n) is 8.84. The van der Waals surface area contributed by atoms with Crippen molar-refractivity contribution in [3.63, 3.8) is 0 Å². The van der Waals surface area contributed by atoms with Gasteiger partial charge in [-0.3, -0.25) is 9.80 Å². The summed E-state index contributed by atoms with van der Waals surface area (Å²) < 4.78 is 5.22. The van der Waals surface area contributed by atoms with Gasteiger partial charge in [-0.2, -0.15) is 0 Å². The molecule has 0 atom stereocenters. The molecule has 27 heavy (non-hydrogen) atoms. The van der Waals surface area contributed by atoms with Crippen LogP contribution in [0.5, 0.6) is 5.75 Å². The van der Waals surface area contributed by atoms with Gasteiger partial charge in [-0.05, 0) is 48.0 Å². The van der Waals surface area contributed by atoms with Crippen LogP contribution in [-0.2, 0) is 0 Å². The topological polar surface area (TPSA) is 32.8 Å². The van der Waals surface area contributed by atoms with E-state index in [1.165, 1.54) is 0 Å². The SMILES string of the molecule is COc1ccc(N2CC=C(c3ccccc3)N(c3ccccc3)C2=O)cc1. The molecule has 1 aliphatic rings. The number of amides is 2. The zero-order valence-corrected chi connectivity index (χ0v) is 15.1. The fourth-order valence-electron chi connectivity index (χ4n) is 3.23. The molecule has 4 heteroatoms. The minimum atomic E-state index is -0.0762. The molecule has 3 aromatic rings. The maximum atomic E-state index is 13.4. The predicted molar refractivity (Wildman–Crippen MR) is 109 cm³/mol. The van der Waals surface area contributed by atoms with Crippen molar-refractivity contribution in [3.8, 4) is 5.75 Å². The molecular weight excluding hydrogens is 336 g/mol. The first-order valence-corrected chi connectivity index (χ1v) is 8.84. The first kappa shape index (κ1) is 16.9. The van der Waals surface area contributed by atoms with E-state index in [2.05, 4.69) is 6.08 Å². The zero-order valence-electron chi connectivity index (χ0n) is 15.1. The molecule has 0 saturated carbocycles. The standard InChI is InChI=1S/C23H20N2O2/c1-27-21-14-12-19(13-15-21)24-17-16-22(18-8-4-2-5-9-18)25(23(24)26)20-10-6-3-7-11-20/h2-16H,17H2,1H3. The molecular formula is C23H20N2O2. The summed E-state index contributed by atoms with van der Waals surface area (Å²) in [5.41, 5.74) is 3.60. The van der Waals surface area contributed by atoms with Gasteiger partial charge in [0.05, 0.1) is 18.5 Å². The van der Waals surface area contributed by atoms with Crippen LogP contribution in [0.4, 0.5) is 16.2 Å². The molecule has 0 saturated heterocycles. The van der Waals surface area contributed by atoms with Gasteiger partial charge in [0.2, 0.25) is 0 Å². The number of para-hydroxylation sites is 1. The first-order chi connectivity index (χ1) is 13.3. The van der Waals surface area contributed by atoms with Gasteiger partial charge in [0.15, 0.2) is 0 Å². The second-order valence-electron chi connectivity index (χ2n) is 6.22. The van der Waals surface area contributed by atoms with E-state index >= 15 is 0 Å². The molecule has 0 aliphatic carbocycles. The number of benzene rings is 3. The highest BCUT2D eigenvalue weighted by atomic mass is 16.5. The van der Waals surface area contributed by atoms with Crippen LogP contribution in [0.1, 0.15) is 5.56 Å². The van der Waals surface area contributed by atoms with E-state index in [1.807, 2.05) is 84.9 Å². The van der Waals surface area contributed by atoms with Gasteiger partial charge >= 0.3 is 6.03 Å². The van der Waals surface area contributed by atoms with Gasteiger partial charge in [0.1, 0.15) is 5.75 Å². The summed E-state index contributed by atoms with van der Waals surface area (Å²) in [4.78, 5) is 17.0. The Morgan fingerprint density at radius 2 is 1.41 bits per heavy atom. The molecule has 4 rings (SSSR count). The Bertz CT molecular complexity index is 951. The van der Waals surface area contributed by atoms with Crippen molar-refractivity contribution in [1.82, 2.24) is 0 Å². The maximum absolute atomic E-state index is 13.4. The Kier molecular flexibility index (Phi) is 4.62. The average Bonchev–Trinajstić information content (AvgIpc) is 2.75. The van der Waals surface area contributed by atoms with Crippen LogP contribution in [0, 0.1) is 0 Å². The third-order valence-corrected chi connectivity index (χ3v) is 4.60. The lowest BCUT2D eigenvalue weighted by molar-refractivity contribution is 0.253. The number of ether oxygens (including phenoxy) is 1. The molecule has 2 amide bonds. The van der Waals surface area contributed by atoms with Gasteiger partial charge < -0.3 is 4.74 Å². The summed E-state index contributed by atoms with van der Waals surface area (Å²) in [5, 5.41) is 0. The highest BCUT2D eigenvalue weighted by Gasteiger charge is 2.30. The summed E-state index contributed by atoms with van der Waals surface area (Å²) in [7, 11) is 1.63. The highest BCUT2D eigenvalue weighted by molar-refractivity contribution is 6.14. The van der Waals surface area contributed by atoms with Gasteiger partial charge in [0, 0.05) is 12.2 Å². The lowest BCUT2D eigenvalue weighted by Gasteiger charge is -2.36. The van der Waals surface area contributed by atoms with Gasteiger partial charge in [-0.25, -0.2) is 4.79 Å². The highest BCUT2D eigenvalue weighted by Crippen LogP contribution is 2.32. The fourth-order valence-corrected chi connectivity index (χ4v) is 3.23. The van der Waals surface area contributed by atoms with E-state index in [9.17, 15) is 4.79 Å². The predicted octanol–water partition coefficient (Wildman–Crippen LogP) is 5.18. The summed E-state index contributed by atoms with van der Waals surface area (Å²) in [5.74, 6) is 0.767. The molecule has 0 fully saturated rings. The monoisotopic (exact) mass is 356 g/mol. The Morgan fingerprint density at radius 1 is 0.778 bits per heavy atom. The lowest BCUT2D eigenvalue weighted by Crippen LogP contribution is -2.46. The smallest absolute Gasteiger partial charge is 0.333 e. The van der Waals surface area contributed by atoms with Crippen molar-refractivity contribution in [2.45, 2.75) is 0 Å². The summed E-state index contributed by atoms with van der Waals surface area (Å²) in [6.07, 6.45) is 2.09. The van der Waals surface area contributed by atoms with E-state index in [0.717, 1.165) is 28.4 Å². The number of carbonyl (C=O) groups excluding carboxylic acids is 1. The van der Waals surface area contributed by atoms with E-state index < -0.39 is 0 Å². The number of nitrogens with zero attached hydrogens (tertiary/aromatic N) is 2. The van der Waals surface area contributed by atoms with Gasteiger partial charge in [0.25, 0.3) is 0 Å². The second-order valence-corrected chi connectivity index (χ2v) is 6.22. The molecule has 3 aromatic carbocycles. The molecule has 0 aromatic heterocycles. The summed E-state index contributed by atoms with van der Waals surface area (Å²) in [6, 6.07) is 27.2. The number of carbonyl (C=O) groups is 1. The number of rotatable bonds is 4. The van der Waals surface area contributed by atoms with Crippen molar-refractivity contribution in [3.05, 3.63) is 96.6 Å². The molecule has 0 bridgehead atoms. The van der Waals surface area contributed by atoms with Crippen LogP contribution in [-0.4, -0.2) is 19.7 Å². The molecule has 1 heterocycles. The normalized spacial score (nSPS) is 14.1. The Morgan fingerprint density at radius 3 is 2.04 bits per heavy atom. The van der Waals surface area contributed by atoms with Crippen molar-refractivity contribution in [2.75, 3.05) is 23.5 Å². The third-order valence-electron chi connectivity index (χ3n) is 4.60. The molecule has 134 valence electrons. The fraction of sp³-hybridized carbons (Fsp3) is 0.0870. The van der Waals surface area contributed by atoms with Crippen molar-refractivity contribution < 1.29 is 9.53 Å². The summed E-state index contributed by atoms with van der Waals surface area (Å²) >= 11 is 0. The van der Waals surface area contributed by atoms with E-state index in [-0.39, 0.29) is 6.03 Å². The summed E-state index contributed by atoms with van der Waals surface area (Å²) in [6.45, 7) is 0.513. The number of urea groups is 1. The van der Waals surface area contributed by atoms with E-state index in [4.69, 9.17) is 4.74 Å². The molecule has 0 N–H and O–H groups in total. The van der Waals surface area contributed by atoms with Crippen LogP contribution in [0.2, 0.25) is 0 Å². The Hall–Kier alpha value is -3.53. The van der Waals surface area contributed by atoms with Crippen molar-refractivity contribution >= 4 is 23.1 Å². The van der Waals surface area contributed by atoms with E-state index in [0.29, 0.717) is 6.54 Å². The van der Waals surface area contributed by atoms with Crippen LogP contribution in [0.25, 0.3) is 5.70 Å². The van der Waals surface area contributed by atoms with Crippen LogP contribution in [0.3, 0.4) is 0 Å². The quantitative estimate of drug-likeness (QED) is 0.645. The third kappa shape index (κ3) is 3.29. The second kappa shape index (κ2) is 7.38. The molecule has 0 spiro atoms. The number of hydrogen-bond acceptors (Lipinski definition) is 2. The number of anilines is 2. The minimum absolute atomic E-state index is 0.0762. The van der Waals surface area contributed by atoms with Gasteiger partial charge in [-0.15, -0.1) is 0 Å². The van der Waals surface area contributed by atoms with Crippen LogP contribution in [0.15, 0.2) is 91.0 Å². The van der Waals surface area contributed by atoms with Crippen LogP contribution < -0.4 is 14.5 Å². The molecule has 0 radical (unpaired) electrons. The van der Waals surface area contributed by atoms with Crippen LogP contribution >= 0.6 is 0 Å². The Balaban J connectivity index is 1.77. The van der Waals surface area contributed by atoms with E-state index in [1.54, 1.807) is 16.9 Å². The maximum Gasteiger partial charge on any atom is 0.333 e. The van der Waals surface area contributed by atoms with Gasteiger partial charge in [-0.1, -0.05) is 48.5 Å². The Labute approximate surface area is 158 Å². The number of hydrogen-bond donors (Lipinski definition) is 0. The molecule has 0 unspecified atom stereocenters. The van der Waals surface area contributed by atoms with Crippen molar-refractivity contribution in [1.29, 1.82) is 0 Å². The average molecular weight is 356 g/mol.